The molecule has 18 fully saturated rings. The molecule has 107 heavy (non-hydrogen) atoms. The van der Waals surface area contributed by atoms with E-state index >= 15 is 0 Å². The van der Waals surface area contributed by atoms with Crippen molar-refractivity contribution < 1.29 is 4.39 Å². The zero-order chi connectivity index (χ0) is 76.0. The molecule has 0 bridgehead atoms. The van der Waals surface area contributed by atoms with E-state index in [1.807, 2.05) is 0 Å². The molecular formula is C91H178FN15. The van der Waals surface area contributed by atoms with Gasteiger partial charge in [0.15, 0.2) is 0 Å². The third-order valence-corrected chi connectivity index (χ3v) is 31.7. The zero-order valence-electron chi connectivity index (χ0n) is 73.3. The maximum atomic E-state index is 12.8. The molecule has 624 valence electrons. The Bertz CT molecular complexity index is 2470. The largest absolute Gasteiger partial charge is 0.315 e. The van der Waals surface area contributed by atoms with Crippen LogP contribution in [0, 0.1) is 44.8 Å². The van der Waals surface area contributed by atoms with Crippen molar-refractivity contribution in [2.24, 2.45) is 44.8 Å². The first kappa shape index (κ1) is 88.7. The number of likely N-dealkylation sites (tertiary alicyclic amines) is 13. The monoisotopic (exact) mass is 1500 g/mol. The Kier molecular flexibility index (Phi) is 32.4. The standard InChI is InChI=1S/C14H26N2.C13H25FN2.C13H24N2.C12H24N2.C11H22N2.C10H19N.C9H18N2.C8H16N2.CH4/c1-12(2)15-8-7-14(9-15)10-16(11-14)13-5-3-4-6-13;1-4-12(7-14)16-9-13(10-16)5-6-15(8-13)11(2)3;1-11(2)14-7-6-13(8-14)9-15(10-13)12-4-3-5-12;1-10(2)13-6-5-12(7-13)8-14(9-12)11(3)4;1-4-12-7-11(8-12)5-6-13(9-11)10(2)3;1-8(2)11-7-6-9-4-3-5-10(9)11;1-7(2)11-4-3-8-5-10-6-9(8)11;1-6(2)10-4-7-3-9-8(7)5-10;/h12-13H,3-11H2,1-2H3;11-12H,4-10H2,1-3H3;11-12H,3-10H2,1-2H3;10-11H,5-9H2,1-4H3;10H,4-9H2,1-3H3;8-10H,3-7H2,1-2H3;7-10H,3-6H2,1-2H3;6-9H,3-5H2,1-2H3;1H4. The molecule has 15 heterocycles. The molecule has 0 aromatic carbocycles. The molecule has 0 aromatic rings. The van der Waals surface area contributed by atoms with Crippen molar-refractivity contribution in [1.82, 2.24) is 74.3 Å². The Hall–Kier alpha value is -0.670. The van der Waals surface area contributed by atoms with E-state index in [9.17, 15) is 4.39 Å². The second-order valence-electron chi connectivity index (χ2n) is 42.1. The molecule has 3 aliphatic carbocycles. The van der Waals surface area contributed by atoms with Gasteiger partial charge in [-0.1, -0.05) is 47.0 Å². The molecule has 0 amide bonds. The quantitative estimate of drug-likeness (QED) is 0.163. The lowest BCUT2D eigenvalue weighted by Gasteiger charge is -2.54. The Morgan fingerprint density at radius 3 is 1.05 bits per heavy atom. The van der Waals surface area contributed by atoms with Gasteiger partial charge in [-0.25, -0.2) is 4.39 Å². The lowest BCUT2D eigenvalue weighted by Crippen LogP contribution is -2.62. The van der Waals surface area contributed by atoms with Crippen molar-refractivity contribution in [3.8, 4) is 0 Å². The van der Waals surface area contributed by atoms with Crippen LogP contribution in [0.4, 0.5) is 4.39 Å². The first-order valence-corrected chi connectivity index (χ1v) is 46.1. The summed E-state index contributed by atoms with van der Waals surface area (Å²) in [5.41, 5.74) is 3.29. The van der Waals surface area contributed by atoms with Crippen LogP contribution in [-0.2, 0) is 0 Å². The second-order valence-corrected chi connectivity index (χ2v) is 42.1. The normalized spacial score (nSPS) is 32.1. The topological polar surface area (TPSA) is 66.2 Å². The van der Waals surface area contributed by atoms with Gasteiger partial charge >= 0.3 is 0 Å². The van der Waals surface area contributed by atoms with Crippen LogP contribution in [0.3, 0.4) is 0 Å². The van der Waals surface area contributed by atoms with Gasteiger partial charge in [-0.15, -0.1) is 0 Å². The average Bonchev–Trinajstić information content (AvgIpc) is 1.68. The first-order valence-electron chi connectivity index (χ1n) is 46.1. The maximum absolute atomic E-state index is 12.8. The van der Waals surface area contributed by atoms with Crippen LogP contribution < -0.4 is 10.6 Å². The molecule has 2 N–H and O–H groups in total. The SMILES string of the molecule is C.CC(C)N1CC2CNC2C1.CC(C)N1CCC2(C1)CN(C(C)C)C2.CC(C)N1CCC2(C1)CN(C1CCC1)C2.CC(C)N1CCC2(C1)CN(C1CCCC1)C2.CC(C)N1CCC2CCCC21.CC(C)N1CCC2CNCC21.CCC(CF)N1CC2(CCN(C(C)C)C2)C1.CCN1CC2(CCN(C(C)C)C2)C1. The molecule has 18 rings (SSSR count). The Balaban J connectivity index is 0.000000131. The summed E-state index contributed by atoms with van der Waals surface area (Å²) in [6.45, 7) is 82.5. The summed E-state index contributed by atoms with van der Waals surface area (Å²) >= 11 is 0. The number of hydrogen-bond donors (Lipinski definition) is 2. The molecule has 15 saturated heterocycles. The highest BCUT2D eigenvalue weighted by molar-refractivity contribution is 5.09. The number of hydrogen-bond acceptors (Lipinski definition) is 15. The smallest absolute Gasteiger partial charge is 0.105 e. The van der Waals surface area contributed by atoms with E-state index in [4.69, 9.17) is 0 Å². The van der Waals surface area contributed by atoms with E-state index in [1.165, 1.54) is 279 Å². The van der Waals surface area contributed by atoms with Crippen molar-refractivity contribution in [3.63, 3.8) is 0 Å². The molecule has 0 aromatic heterocycles. The van der Waals surface area contributed by atoms with Gasteiger partial charge in [0.05, 0.1) is 0 Å². The third-order valence-electron chi connectivity index (χ3n) is 31.7. The van der Waals surface area contributed by atoms with Gasteiger partial charge in [-0.2, -0.15) is 0 Å². The lowest BCUT2D eigenvalue weighted by molar-refractivity contribution is -0.0481. The summed E-state index contributed by atoms with van der Waals surface area (Å²) in [5, 5.41) is 6.92. The van der Waals surface area contributed by atoms with Crippen LogP contribution in [0.5, 0.6) is 0 Å². The number of alkyl halides is 1. The molecule has 16 heteroatoms. The van der Waals surface area contributed by atoms with Crippen molar-refractivity contribution in [1.29, 1.82) is 0 Å². The third kappa shape index (κ3) is 22.0. The lowest BCUT2D eigenvalue weighted by atomic mass is 9.75. The van der Waals surface area contributed by atoms with E-state index in [0.29, 0.717) is 33.1 Å². The summed E-state index contributed by atoms with van der Waals surface area (Å²) in [6, 6.07) is 11.4. The first-order chi connectivity index (χ1) is 50.5. The molecular weight excluding hydrogens is 1320 g/mol. The molecule has 5 spiro atoms. The minimum absolute atomic E-state index is 0. The van der Waals surface area contributed by atoms with E-state index < -0.39 is 0 Å². The van der Waals surface area contributed by atoms with Crippen LogP contribution in [-0.4, -0.2) is 344 Å². The highest BCUT2D eigenvalue weighted by Gasteiger charge is 2.54. The fraction of sp³-hybridized carbons (Fsp3) is 1.00. The van der Waals surface area contributed by atoms with Crippen LogP contribution in [0.2, 0.25) is 0 Å². The highest BCUT2D eigenvalue weighted by atomic mass is 19.1. The minimum Gasteiger partial charge on any atom is -0.315 e. The van der Waals surface area contributed by atoms with Crippen molar-refractivity contribution in [3.05, 3.63) is 0 Å². The fourth-order valence-electron chi connectivity index (χ4n) is 23.7. The number of rotatable bonds is 15. The van der Waals surface area contributed by atoms with Gasteiger partial charge in [0.1, 0.15) is 6.67 Å². The van der Waals surface area contributed by atoms with E-state index in [0.717, 1.165) is 116 Å². The van der Waals surface area contributed by atoms with Gasteiger partial charge in [0.2, 0.25) is 0 Å². The van der Waals surface area contributed by atoms with Crippen LogP contribution >= 0.6 is 0 Å². The van der Waals surface area contributed by atoms with Gasteiger partial charge in [-0.05, 0) is 285 Å². The van der Waals surface area contributed by atoms with Gasteiger partial charge in [0, 0.05) is 248 Å². The predicted molar refractivity (Wildman–Crippen MR) is 455 cm³/mol. The van der Waals surface area contributed by atoms with Gasteiger partial charge < -0.3 is 40.0 Å². The number of nitrogens with one attached hydrogen (secondary N) is 2. The van der Waals surface area contributed by atoms with E-state index in [-0.39, 0.29) is 20.1 Å². The summed E-state index contributed by atoms with van der Waals surface area (Å²) < 4.78 is 12.8. The number of halogens is 1. The van der Waals surface area contributed by atoms with Crippen molar-refractivity contribution >= 4 is 0 Å². The average molecular weight is 1500 g/mol. The summed E-state index contributed by atoms with van der Waals surface area (Å²) in [6.07, 6.45) is 25.7. The molecule has 15 nitrogen and oxygen atoms in total. The Morgan fingerprint density at radius 1 is 0.336 bits per heavy atom. The highest BCUT2D eigenvalue weighted by Crippen LogP contribution is 2.48. The number of fused-ring (bicyclic) bond motifs is 3. The summed E-state index contributed by atoms with van der Waals surface area (Å²) in [7, 11) is 0. The summed E-state index contributed by atoms with van der Waals surface area (Å²) in [5.74, 6) is 3.00. The van der Waals surface area contributed by atoms with Gasteiger partial charge in [0.25, 0.3) is 0 Å². The molecule has 18 aliphatic rings. The van der Waals surface area contributed by atoms with Crippen LogP contribution in [0.1, 0.15) is 261 Å². The fourth-order valence-corrected chi connectivity index (χ4v) is 23.7. The molecule has 7 atom stereocenters. The summed E-state index contributed by atoms with van der Waals surface area (Å²) in [4.78, 5) is 34.1. The van der Waals surface area contributed by atoms with E-state index in [2.05, 4.69) is 213 Å². The Labute approximate surface area is 662 Å². The van der Waals surface area contributed by atoms with Gasteiger partial charge in [-0.3, -0.25) is 34.3 Å². The maximum Gasteiger partial charge on any atom is 0.105 e. The molecule has 7 unspecified atom stereocenters. The molecule has 0 radical (unpaired) electrons. The Morgan fingerprint density at radius 2 is 0.710 bits per heavy atom. The van der Waals surface area contributed by atoms with Crippen molar-refractivity contribution in [2.45, 2.75) is 352 Å². The second kappa shape index (κ2) is 39.1. The molecule has 3 saturated carbocycles. The van der Waals surface area contributed by atoms with E-state index in [1.54, 1.807) is 0 Å². The molecule has 15 aliphatic heterocycles. The zero-order valence-corrected chi connectivity index (χ0v) is 73.3. The minimum atomic E-state index is -0.180. The number of nitrogens with zero attached hydrogens (tertiary/aromatic N) is 13. The van der Waals surface area contributed by atoms with Crippen LogP contribution in [0.15, 0.2) is 0 Å². The predicted octanol–water partition coefficient (Wildman–Crippen LogP) is 13.6. The van der Waals surface area contributed by atoms with Crippen molar-refractivity contribution in [2.75, 3.05) is 190 Å². The van der Waals surface area contributed by atoms with Crippen LogP contribution in [0.25, 0.3) is 0 Å².